The monoisotopic (exact) mass is 1930 g/mol. The molecule has 6 aromatic rings. The number of halogens is 14. The standard InChI is InChI=1S/C34H29Br9O6.C19H19Br5O3/c1-16-4-22(36)30(23(37)5-16)46-12-20(44)13-47-31-24(38)6-17(7-25(31)39)34(2,3)18-8-26(40)32(27(41)9-18)48-14-21(45)15-49-33-28(42)10-19(35)11-29(33)43;1-19(2,3)10-4-13(21)17(14(22)5-10)26-8-12(25)9-27-18-15(23)6-11(20)7-16(18)24/h4-11,20-21,44-45H,12-15H2,1-3H3;4-7,12,25H,8-9H2,1-3H3. The summed E-state index contributed by atoms with van der Waals surface area (Å²) in [6.45, 7) is 13.1. The minimum Gasteiger partial charge on any atom is -0.488 e. The Morgan fingerprint density at radius 3 is 0.711 bits per heavy atom. The lowest BCUT2D eigenvalue weighted by molar-refractivity contribution is 0.0615. The molecule has 6 rings (SSSR count). The van der Waals surface area contributed by atoms with Crippen LogP contribution >= 0.6 is 223 Å². The Morgan fingerprint density at radius 2 is 0.500 bits per heavy atom. The molecule has 0 amide bonds. The maximum atomic E-state index is 10.6. The summed E-state index contributed by atoms with van der Waals surface area (Å²) in [7, 11) is 0. The van der Waals surface area contributed by atoms with Crippen molar-refractivity contribution in [3.63, 3.8) is 0 Å². The summed E-state index contributed by atoms with van der Waals surface area (Å²) in [5.74, 6) is 3.66. The third-order valence-corrected chi connectivity index (χ3v) is 18.9. The van der Waals surface area contributed by atoms with E-state index in [9.17, 15) is 15.3 Å². The molecule has 23 heteroatoms. The van der Waals surface area contributed by atoms with Crippen molar-refractivity contribution in [2.45, 2.75) is 70.7 Å². The summed E-state index contributed by atoms with van der Waals surface area (Å²) in [4.78, 5) is 0. The maximum absolute atomic E-state index is 10.6. The van der Waals surface area contributed by atoms with E-state index in [-0.39, 0.29) is 45.1 Å². The van der Waals surface area contributed by atoms with E-state index in [4.69, 9.17) is 28.4 Å². The lowest BCUT2D eigenvalue weighted by Gasteiger charge is -2.28. The molecule has 0 radical (unpaired) electrons. The zero-order chi connectivity index (χ0) is 56.6. The Labute approximate surface area is 561 Å². The summed E-state index contributed by atoms with van der Waals surface area (Å²) < 4.78 is 46.4. The van der Waals surface area contributed by atoms with Crippen LogP contribution in [0, 0.1) is 6.92 Å². The smallest absolute Gasteiger partial charge is 0.147 e. The maximum Gasteiger partial charge on any atom is 0.147 e. The Balaban J connectivity index is 0.000000333. The third kappa shape index (κ3) is 19.4. The fourth-order valence-corrected chi connectivity index (χ4v) is 17.7. The number of aryl methyl sites for hydroxylation is 1. The van der Waals surface area contributed by atoms with Crippen molar-refractivity contribution in [1.29, 1.82) is 0 Å². The normalized spacial score (nSPS) is 12.8. The number of ether oxygens (including phenoxy) is 6. The quantitative estimate of drug-likeness (QED) is 0.0687. The zero-order valence-corrected chi connectivity index (χ0v) is 63.2. The lowest BCUT2D eigenvalue weighted by atomic mass is 9.78. The van der Waals surface area contributed by atoms with Gasteiger partial charge in [0.1, 0.15) is 92.5 Å². The highest BCUT2D eigenvalue weighted by Crippen LogP contribution is 2.45. The van der Waals surface area contributed by atoms with Crippen LogP contribution in [0.15, 0.2) is 135 Å². The van der Waals surface area contributed by atoms with Crippen molar-refractivity contribution < 1.29 is 43.7 Å². The second-order valence-corrected chi connectivity index (χ2v) is 30.5. The van der Waals surface area contributed by atoms with E-state index in [1.54, 1.807) is 0 Å². The Morgan fingerprint density at radius 1 is 0.316 bits per heavy atom. The number of aliphatic hydroxyl groups excluding tert-OH is 3. The zero-order valence-electron chi connectivity index (χ0n) is 41.0. The van der Waals surface area contributed by atoms with E-state index < -0.39 is 23.7 Å². The Hall–Kier alpha value is 0.720. The van der Waals surface area contributed by atoms with Gasteiger partial charge in [0.2, 0.25) is 0 Å². The first-order valence-electron chi connectivity index (χ1n) is 22.5. The summed E-state index contributed by atoms with van der Waals surface area (Å²) >= 11 is 49.5. The molecule has 0 heterocycles. The van der Waals surface area contributed by atoms with Gasteiger partial charge in [0, 0.05) is 14.4 Å². The molecular weight excluding hydrogens is 1900 g/mol. The van der Waals surface area contributed by atoms with E-state index >= 15 is 0 Å². The van der Waals surface area contributed by atoms with Gasteiger partial charge in [-0.2, -0.15) is 0 Å². The topological polar surface area (TPSA) is 116 Å². The van der Waals surface area contributed by atoms with Gasteiger partial charge in [-0.05, 0) is 299 Å². The van der Waals surface area contributed by atoms with Gasteiger partial charge in [-0.1, -0.05) is 66.5 Å². The minimum atomic E-state index is -0.876. The number of rotatable bonds is 20. The first-order valence-corrected chi connectivity index (χ1v) is 33.6. The lowest BCUT2D eigenvalue weighted by Crippen LogP contribution is -2.26. The molecule has 0 aliphatic carbocycles. The summed E-state index contributed by atoms with van der Waals surface area (Å²) in [6, 6.07) is 23.5. The van der Waals surface area contributed by atoms with Crippen LogP contribution < -0.4 is 28.4 Å². The van der Waals surface area contributed by atoms with Gasteiger partial charge < -0.3 is 43.7 Å². The van der Waals surface area contributed by atoms with Gasteiger partial charge in [0.25, 0.3) is 0 Å². The molecule has 9 nitrogen and oxygen atoms in total. The van der Waals surface area contributed by atoms with Gasteiger partial charge in [-0.15, -0.1) is 0 Å². The molecule has 0 bridgehead atoms. The van der Waals surface area contributed by atoms with Crippen molar-refractivity contribution in [2.75, 3.05) is 39.6 Å². The predicted molar refractivity (Wildman–Crippen MR) is 353 cm³/mol. The van der Waals surface area contributed by atoms with Gasteiger partial charge in [-0.25, -0.2) is 0 Å². The van der Waals surface area contributed by atoms with Gasteiger partial charge in [0.05, 0.1) is 53.7 Å². The van der Waals surface area contributed by atoms with Crippen LogP contribution in [0.1, 0.15) is 56.9 Å². The van der Waals surface area contributed by atoms with Crippen LogP contribution in [0.25, 0.3) is 0 Å². The molecular formula is C53H48Br14O9. The average molecular weight is 1950 g/mol. The van der Waals surface area contributed by atoms with Crippen molar-refractivity contribution in [2.24, 2.45) is 0 Å². The summed E-state index contributed by atoms with van der Waals surface area (Å²) in [6.07, 6.45) is -2.53. The Bertz CT molecular complexity index is 2740. The van der Waals surface area contributed by atoms with E-state index in [1.165, 1.54) is 5.56 Å². The average Bonchev–Trinajstić information content (AvgIpc) is 3.29. The SMILES string of the molecule is CC(C)(C)c1cc(Br)c(OCC(O)COc2c(Br)cc(Br)cc2Br)c(Br)c1.Cc1cc(Br)c(OCC(O)COc2c(Br)cc(C(C)(C)c3cc(Br)c(OCC(O)COc4c(Br)cc(Br)cc4Br)c(Br)c3)cc2Br)c(Br)c1. The van der Waals surface area contributed by atoms with Crippen LogP contribution in [0.4, 0.5) is 0 Å². The van der Waals surface area contributed by atoms with Crippen molar-refractivity contribution in [1.82, 2.24) is 0 Å². The van der Waals surface area contributed by atoms with Crippen LogP contribution in [0.2, 0.25) is 0 Å². The molecule has 0 saturated heterocycles. The second kappa shape index (κ2) is 30.5. The van der Waals surface area contributed by atoms with Crippen LogP contribution in [0.5, 0.6) is 34.5 Å². The van der Waals surface area contributed by atoms with Gasteiger partial charge in [-0.3, -0.25) is 0 Å². The van der Waals surface area contributed by atoms with E-state index in [2.05, 4.69) is 258 Å². The minimum absolute atomic E-state index is 0.0227. The molecule has 0 aromatic heterocycles. The highest BCUT2D eigenvalue weighted by atomic mass is 79.9. The van der Waals surface area contributed by atoms with E-state index in [0.29, 0.717) is 34.5 Å². The summed E-state index contributed by atoms with van der Waals surface area (Å²) in [5.41, 5.74) is 3.89. The molecule has 0 aliphatic rings. The molecule has 0 spiro atoms. The first kappa shape index (κ1) is 67.5. The fraction of sp³-hybridized carbons (Fsp3) is 0.321. The number of aliphatic hydroxyl groups is 3. The molecule has 3 atom stereocenters. The van der Waals surface area contributed by atoms with Crippen molar-refractivity contribution >= 4 is 223 Å². The third-order valence-electron chi connectivity index (χ3n) is 10.9. The molecule has 412 valence electrons. The highest BCUT2D eigenvalue weighted by Gasteiger charge is 2.28. The van der Waals surface area contributed by atoms with E-state index in [1.807, 2.05) is 79.7 Å². The molecule has 3 N–H and O–H groups in total. The van der Waals surface area contributed by atoms with Gasteiger partial charge in [0.15, 0.2) is 0 Å². The molecule has 0 fully saturated rings. The van der Waals surface area contributed by atoms with Crippen molar-refractivity contribution in [3.05, 3.63) is 158 Å². The number of hydrogen-bond acceptors (Lipinski definition) is 9. The van der Waals surface area contributed by atoms with Crippen molar-refractivity contribution in [3.8, 4) is 34.5 Å². The van der Waals surface area contributed by atoms with Crippen LogP contribution in [0.3, 0.4) is 0 Å². The molecule has 0 aliphatic heterocycles. The van der Waals surface area contributed by atoms with Crippen LogP contribution in [-0.4, -0.2) is 73.3 Å². The van der Waals surface area contributed by atoms with Crippen LogP contribution in [-0.2, 0) is 10.8 Å². The molecule has 76 heavy (non-hydrogen) atoms. The summed E-state index contributed by atoms with van der Waals surface area (Å²) in [5, 5.41) is 31.5. The largest absolute Gasteiger partial charge is 0.488 e. The fourth-order valence-electron chi connectivity index (χ4n) is 6.79. The number of hydrogen-bond donors (Lipinski definition) is 3. The van der Waals surface area contributed by atoms with E-state index in [0.717, 1.165) is 79.3 Å². The predicted octanol–water partition coefficient (Wildman–Crippen LogP) is 20.4. The first-order chi connectivity index (χ1) is 35.5. The van der Waals surface area contributed by atoms with Gasteiger partial charge >= 0.3 is 0 Å². The molecule has 0 saturated carbocycles. The number of benzene rings is 6. The molecule has 3 unspecified atom stereocenters. The molecule has 6 aromatic carbocycles. The second-order valence-electron chi connectivity index (χ2n) is 18.5. The Kier molecular flexibility index (Phi) is 27.1. The highest BCUT2D eigenvalue weighted by molar-refractivity contribution is 9.13.